The zero-order chi connectivity index (χ0) is 14.4. The van der Waals surface area contributed by atoms with E-state index in [2.05, 4.69) is 13.2 Å². The van der Waals surface area contributed by atoms with Gasteiger partial charge in [-0.15, -0.1) is 24.8 Å². The van der Waals surface area contributed by atoms with Gasteiger partial charge in [0.2, 0.25) is 0 Å². The Hall–Kier alpha value is -1.82. The lowest BCUT2D eigenvalue weighted by Gasteiger charge is -2.11. The van der Waals surface area contributed by atoms with Crippen molar-refractivity contribution in [3.8, 4) is 0 Å². The lowest BCUT2D eigenvalue weighted by molar-refractivity contribution is 0.476. The molecule has 0 radical (unpaired) electrons. The normalized spacial score (nSPS) is 10.4. The minimum atomic E-state index is -0.656. The first-order valence-corrected chi connectivity index (χ1v) is 6.34. The molecule has 0 aliphatic heterocycles. The monoisotopic (exact) mass is 285 g/mol. The Labute approximate surface area is 114 Å². The number of hydrogen-bond acceptors (Lipinski definition) is 3. The lowest BCUT2D eigenvalue weighted by atomic mass is 10.4. The molecule has 0 N–H and O–H groups in total. The highest BCUT2D eigenvalue weighted by Gasteiger charge is 2.13. The van der Waals surface area contributed by atoms with Gasteiger partial charge in [0.1, 0.15) is 0 Å². The molecule has 1 rings (SSSR count). The first-order valence-electron chi connectivity index (χ1n) is 5.80. The summed E-state index contributed by atoms with van der Waals surface area (Å²) in [7, 11) is 0. The SMILES string of the molecule is C=CCn1c(=O)n(CC=C)c(=O)n(CCCCl)c1=O. The van der Waals surface area contributed by atoms with Gasteiger partial charge in [0.15, 0.2) is 0 Å². The fourth-order valence-electron chi connectivity index (χ4n) is 1.66. The summed E-state index contributed by atoms with van der Waals surface area (Å²) in [6.45, 7) is 7.26. The summed E-state index contributed by atoms with van der Waals surface area (Å²) in [5.74, 6) is 0.327. The van der Waals surface area contributed by atoms with E-state index in [1.165, 1.54) is 12.2 Å². The molecule has 0 bridgehead atoms. The van der Waals surface area contributed by atoms with E-state index in [0.29, 0.717) is 12.3 Å². The first-order chi connectivity index (χ1) is 9.08. The van der Waals surface area contributed by atoms with Crippen molar-refractivity contribution < 1.29 is 0 Å². The van der Waals surface area contributed by atoms with Gasteiger partial charge in [-0.05, 0) is 6.42 Å². The Morgan fingerprint density at radius 3 is 1.68 bits per heavy atom. The molecule has 0 aromatic carbocycles. The van der Waals surface area contributed by atoms with E-state index in [0.717, 1.165) is 13.7 Å². The van der Waals surface area contributed by atoms with E-state index in [9.17, 15) is 14.4 Å². The van der Waals surface area contributed by atoms with Crippen molar-refractivity contribution in [3.63, 3.8) is 0 Å². The highest BCUT2D eigenvalue weighted by Crippen LogP contribution is 1.87. The van der Waals surface area contributed by atoms with Crippen LogP contribution in [0.3, 0.4) is 0 Å². The van der Waals surface area contributed by atoms with Gasteiger partial charge in [-0.1, -0.05) is 12.2 Å². The van der Waals surface area contributed by atoms with Crippen LogP contribution < -0.4 is 17.1 Å². The minimum Gasteiger partial charge on any atom is -0.247 e. The quantitative estimate of drug-likeness (QED) is 0.530. The zero-order valence-corrected chi connectivity index (χ0v) is 11.3. The van der Waals surface area contributed by atoms with E-state index < -0.39 is 17.1 Å². The average molecular weight is 286 g/mol. The van der Waals surface area contributed by atoms with Gasteiger partial charge in [-0.2, -0.15) is 0 Å². The summed E-state index contributed by atoms with van der Waals surface area (Å²) in [6.07, 6.45) is 3.33. The maximum absolute atomic E-state index is 12.1. The summed E-state index contributed by atoms with van der Waals surface area (Å²) in [5.41, 5.74) is -1.93. The van der Waals surface area contributed by atoms with Crippen LogP contribution in [0.2, 0.25) is 0 Å². The van der Waals surface area contributed by atoms with Crippen LogP contribution in [0.4, 0.5) is 0 Å². The Bertz CT molecular complexity index is 591. The van der Waals surface area contributed by atoms with Crippen LogP contribution in [0, 0.1) is 0 Å². The van der Waals surface area contributed by atoms with Crippen molar-refractivity contribution in [1.82, 2.24) is 13.7 Å². The number of allylic oxidation sites excluding steroid dienone is 2. The number of halogens is 1. The summed E-state index contributed by atoms with van der Waals surface area (Å²) in [5, 5.41) is 0. The molecule has 0 saturated carbocycles. The summed E-state index contributed by atoms with van der Waals surface area (Å²) >= 11 is 5.56. The maximum Gasteiger partial charge on any atom is 0.336 e. The van der Waals surface area contributed by atoms with E-state index in [1.807, 2.05) is 0 Å². The van der Waals surface area contributed by atoms with Gasteiger partial charge in [0.25, 0.3) is 0 Å². The lowest BCUT2D eigenvalue weighted by Crippen LogP contribution is -2.54. The fraction of sp³-hybridized carbons (Fsp3) is 0.417. The third-order valence-corrected chi connectivity index (χ3v) is 2.79. The van der Waals surface area contributed by atoms with Crippen molar-refractivity contribution in [2.75, 3.05) is 5.88 Å². The molecule has 1 aromatic heterocycles. The molecule has 0 atom stereocenters. The molecular weight excluding hydrogens is 270 g/mol. The highest BCUT2D eigenvalue weighted by atomic mass is 35.5. The number of hydrogen-bond donors (Lipinski definition) is 0. The van der Waals surface area contributed by atoms with Gasteiger partial charge in [0, 0.05) is 12.4 Å². The van der Waals surface area contributed by atoms with Crippen LogP contribution in [-0.4, -0.2) is 19.6 Å². The highest BCUT2D eigenvalue weighted by molar-refractivity contribution is 6.17. The van der Waals surface area contributed by atoms with Crippen LogP contribution >= 0.6 is 11.6 Å². The van der Waals surface area contributed by atoms with Crippen LogP contribution in [-0.2, 0) is 19.6 Å². The Kier molecular flexibility index (Phi) is 5.57. The number of alkyl halides is 1. The molecule has 0 saturated heterocycles. The zero-order valence-electron chi connectivity index (χ0n) is 10.5. The molecule has 0 fully saturated rings. The largest absolute Gasteiger partial charge is 0.336 e. The van der Waals surface area contributed by atoms with Gasteiger partial charge >= 0.3 is 17.1 Å². The molecular formula is C12H16ClN3O3. The van der Waals surface area contributed by atoms with Crippen molar-refractivity contribution in [2.24, 2.45) is 0 Å². The van der Waals surface area contributed by atoms with Gasteiger partial charge in [-0.25, -0.2) is 28.1 Å². The number of aromatic nitrogens is 3. The molecule has 104 valence electrons. The number of nitrogens with zero attached hydrogens (tertiary/aromatic N) is 3. The summed E-state index contributed by atoms with van der Waals surface area (Å²) in [6, 6.07) is 0. The third-order valence-electron chi connectivity index (χ3n) is 2.52. The van der Waals surface area contributed by atoms with E-state index in [1.54, 1.807) is 0 Å². The Morgan fingerprint density at radius 1 is 0.895 bits per heavy atom. The molecule has 0 amide bonds. The molecule has 0 aliphatic carbocycles. The molecule has 0 unspecified atom stereocenters. The molecule has 6 nitrogen and oxygen atoms in total. The summed E-state index contributed by atoms with van der Waals surface area (Å²) in [4.78, 5) is 36.1. The van der Waals surface area contributed by atoms with E-state index in [4.69, 9.17) is 11.6 Å². The molecule has 0 spiro atoms. The standard InChI is InChI=1S/C12H16ClN3O3/c1-3-7-14-10(17)15(8-4-2)12(19)16(11(14)18)9-5-6-13/h3-4H,1-2,5-9H2. The molecule has 0 aliphatic rings. The second kappa shape index (κ2) is 6.94. The smallest absolute Gasteiger partial charge is 0.247 e. The molecule has 7 heteroatoms. The second-order valence-electron chi connectivity index (χ2n) is 3.84. The summed E-state index contributed by atoms with van der Waals surface area (Å²) < 4.78 is 2.94. The topological polar surface area (TPSA) is 66.0 Å². The third kappa shape index (κ3) is 3.14. The van der Waals surface area contributed by atoms with Crippen LogP contribution in [0.15, 0.2) is 39.7 Å². The second-order valence-corrected chi connectivity index (χ2v) is 4.22. The van der Waals surface area contributed by atoms with Crippen molar-refractivity contribution in [1.29, 1.82) is 0 Å². The number of rotatable bonds is 7. The molecule has 1 heterocycles. The predicted octanol–water partition coefficient (Wildman–Crippen LogP) is 0.173. The van der Waals surface area contributed by atoms with Crippen LogP contribution in [0.1, 0.15) is 6.42 Å². The maximum atomic E-state index is 12.1. The van der Waals surface area contributed by atoms with Gasteiger partial charge in [0.05, 0.1) is 13.1 Å². The fourth-order valence-corrected chi connectivity index (χ4v) is 1.78. The van der Waals surface area contributed by atoms with Gasteiger partial charge in [-0.3, -0.25) is 0 Å². The predicted molar refractivity (Wildman–Crippen MR) is 75.0 cm³/mol. The average Bonchev–Trinajstić information content (AvgIpc) is 2.40. The molecule has 19 heavy (non-hydrogen) atoms. The van der Waals surface area contributed by atoms with E-state index in [-0.39, 0.29) is 19.6 Å². The van der Waals surface area contributed by atoms with Crippen LogP contribution in [0.5, 0.6) is 0 Å². The first kappa shape index (κ1) is 15.2. The van der Waals surface area contributed by atoms with Gasteiger partial charge < -0.3 is 0 Å². The van der Waals surface area contributed by atoms with Crippen molar-refractivity contribution in [2.45, 2.75) is 26.1 Å². The Balaban J connectivity index is 3.58. The van der Waals surface area contributed by atoms with Crippen molar-refractivity contribution in [3.05, 3.63) is 56.8 Å². The minimum absolute atomic E-state index is 0.0516. The van der Waals surface area contributed by atoms with E-state index >= 15 is 0 Å². The molecule has 1 aromatic rings. The van der Waals surface area contributed by atoms with Crippen LogP contribution in [0.25, 0.3) is 0 Å². The van der Waals surface area contributed by atoms with Crippen molar-refractivity contribution >= 4 is 11.6 Å². The Morgan fingerprint density at radius 2 is 1.32 bits per heavy atom.